The lowest BCUT2D eigenvalue weighted by Gasteiger charge is -2.32. The van der Waals surface area contributed by atoms with Crippen molar-refractivity contribution in [1.29, 1.82) is 0 Å². The molecule has 2 fully saturated rings. The molecule has 78 valence electrons. The number of hydrogen-bond acceptors (Lipinski definition) is 2. The quantitative estimate of drug-likeness (QED) is 0.510. The molecule has 0 unspecified atom stereocenters. The number of rotatable bonds is 3. The van der Waals surface area contributed by atoms with Crippen molar-refractivity contribution >= 4 is 5.97 Å². The number of allylic oxidation sites excluding steroid dienone is 1. The van der Waals surface area contributed by atoms with Gasteiger partial charge >= 0.3 is 5.97 Å². The van der Waals surface area contributed by atoms with Crippen LogP contribution < -0.4 is 0 Å². The second kappa shape index (κ2) is 3.41. The van der Waals surface area contributed by atoms with Crippen LogP contribution in [-0.4, -0.2) is 11.6 Å². The van der Waals surface area contributed by atoms with Gasteiger partial charge in [0.15, 0.2) is 0 Å². The van der Waals surface area contributed by atoms with Crippen molar-refractivity contribution in [3.05, 3.63) is 12.7 Å². The molecule has 0 aromatic carbocycles. The summed E-state index contributed by atoms with van der Waals surface area (Å²) in [5, 5.41) is 0. The highest BCUT2D eigenvalue weighted by Gasteiger charge is 2.56. The third-order valence-corrected chi connectivity index (χ3v) is 3.97. The SMILES string of the molecule is C=CC[C@@H]1CC[C@H]2CC(=O)O[C@@]12CC. The summed E-state index contributed by atoms with van der Waals surface area (Å²) in [6, 6.07) is 0. The highest BCUT2D eigenvalue weighted by Crippen LogP contribution is 2.52. The number of carbonyl (C=O) groups excluding carboxylic acids is 1. The summed E-state index contributed by atoms with van der Waals surface area (Å²) < 4.78 is 5.60. The van der Waals surface area contributed by atoms with Gasteiger partial charge in [-0.25, -0.2) is 0 Å². The number of ether oxygens (including phenoxy) is 1. The van der Waals surface area contributed by atoms with Crippen molar-refractivity contribution < 1.29 is 9.53 Å². The summed E-state index contributed by atoms with van der Waals surface area (Å²) in [5.74, 6) is 0.997. The summed E-state index contributed by atoms with van der Waals surface area (Å²) in [4.78, 5) is 11.3. The van der Waals surface area contributed by atoms with Crippen molar-refractivity contribution in [1.82, 2.24) is 0 Å². The monoisotopic (exact) mass is 194 g/mol. The van der Waals surface area contributed by atoms with Gasteiger partial charge in [-0.1, -0.05) is 13.0 Å². The third-order valence-electron chi connectivity index (χ3n) is 3.97. The van der Waals surface area contributed by atoms with Crippen LogP contribution in [0, 0.1) is 11.8 Å². The molecule has 2 heteroatoms. The Morgan fingerprint density at radius 3 is 3.07 bits per heavy atom. The second-order valence-electron chi connectivity index (χ2n) is 4.48. The first kappa shape index (κ1) is 9.75. The topological polar surface area (TPSA) is 26.3 Å². The fourth-order valence-corrected chi connectivity index (χ4v) is 3.29. The molecule has 3 atom stereocenters. The molecule has 0 bridgehead atoms. The van der Waals surface area contributed by atoms with Crippen LogP contribution in [0.5, 0.6) is 0 Å². The van der Waals surface area contributed by atoms with Gasteiger partial charge in [-0.3, -0.25) is 4.79 Å². The van der Waals surface area contributed by atoms with E-state index in [0.717, 1.165) is 19.3 Å². The van der Waals surface area contributed by atoms with Gasteiger partial charge in [0.25, 0.3) is 0 Å². The molecule has 2 rings (SSSR count). The fraction of sp³-hybridized carbons (Fsp3) is 0.750. The van der Waals surface area contributed by atoms with Crippen LogP contribution in [0.1, 0.15) is 39.0 Å². The van der Waals surface area contributed by atoms with Crippen molar-refractivity contribution in [3.8, 4) is 0 Å². The van der Waals surface area contributed by atoms with Crippen LogP contribution >= 0.6 is 0 Å². The van der Waals surface area contributed by atoms with Gasteiger partial charge in [-0.05, 0) is 25.7 Å². The van der Waals surface area contributed by atoms with Crippen molar-refractivity contribution in [3.63, 3.8) is 0 Å². The van der Waals surface area contributed by atoms with E-state index >= 15 is 0 Å². The summed E-state index contributed by atoms with van der Waals surface area (Å²) >= 11 is 0. The van der Waals surface area contributed by atoms with Crippen LogP contribution in [0.3, 0.4) is 0 Å². The van der Waals surface area contributed by atoms with E-state index in [2.05, 4.69) is 13.5 Å². The molecule has 1 saturated heterocycles. The Morgan fingerprint density at radius 1 is 1.64 bits per heavy atom. The lowest BCUT2D eigenvalue weighted by molar-refractivity contribution is -0.153. The molecular formula is C12H18O2. The zero-order chi connectivity index (χ0) is 10.2. The minimum absolute atomic E-state index is 0.00520. The molecule has 0 amide bonds. The van der Waals surface area contributed by atoms with Crippen LogP contribution in [0.2, 0.25) is 0 Å². The second-order valence-corrected chi connectivity index (χ2v) is 4.48. The van der Waals surface area contributed by atoms with E-state index in [0.29, 0.717) is 18.3 Å². The minimum atomic E-state index is -0.134. The van der Waals surface area contributed by atoms with Gasteiger partial charge in [0.1, 0.15) is 5.60 Å². The maximum Gasteiger partial charge on any atom is 0.306 e. The fourth-order valence-electron chi connectivity index (χ4n) is 3.29. The minimum Gasteiger partial charge on any atom is -0.458 e. The maximum absolute atomic E-state index is 11.3. The van der Waals surface area contributed by atoms with E-state index in [9.17, 15) is 4.79 Å². The summed E-state index contributed by atoms with van der Waals surface area (Å²) in [6.45, 7) is 5.91. The number of hydrogen-bond donors (Lipinski definition) is 0. The van der Waals surface area contributed by atoms with Gasteiger partial charge in [0, 0.05) is 11.8 Å². The van der Waals surface area contributed by atoms with E-state index in [1.807, 2.05) is 6.08 Å². The van der Waals surface area contributed by atoms with Gasteiger partial charge in [-0.15, -0.1) is 6.58 Å². The standard InChI is InChI=1S/C12H18O2/c1-3-5-9-6-7-10-8-11(13)14-12(9,10)4-2/h3,9-10H,1,4-8H2,2H3/t9-,10+,12+/m1/s1. The molecule has 0 spiro atoms. The molecule has 0 aromatic heterocycles. The van der Waals surface area contributed by atoms with Gasteiger partial charge in [-0.2, -0.15) is 0 Å². The Labute approximate surface area is 85.3 Å². The Morgan fingerprint density at radius 2 is 2.43 bits per heavy atom. The average Bonchev–Trinajstić information content (AvgIpc) is 2.63. The van der Waals surface area contributed by atoms with Gasteiger partial charge in [0.2, 0.25) is 0 Å². The Hall–Kier alpha value is -0.790. The highest BCUT2D eigenvalue weighted by molar-refractivity contribution is 5.73. The molecule has 0 aromatic rings. The predicted octanol–water partition coefficient (Wildman–Crippen LogP) is 2.68. The van der Waals surface area contributed by atoms with E-state index in [1.165, 1.54) is 6.42 Å². The summed E-state index contributed by atoms with van der Waals surface area (Å²) in [7, 11) is 0. The molecule has 1 aliphatic carbocycles. The molecule has 0 radical (unpaired) electrons. The van der Waals surface area contributed by atoms with Gasteiger partial charge < -0.3 is 4.74 Å². The smallest absolute Gasteiger partial charge is 0.306 e. The van der Waals surface area contributed by atoms with E-state index in [4.69, 9.17) is 4.74 Å². The zero-order valence-electron chi connectivity index (χ0n) is 8.79. The number of esters is 1. The predicted molar refractivity (Wildman–Crippen MR) is 54.8 cm³/mol. The van der Waals surface area contributed by atoms with E-state index < -0.39 is 0 Å². The molecular weight excluding hydrogens is 176 g/mol. The van der Waals surface area contributed by atoms with E-state index in [-0.39, 0.29) is 11.6 Å². The van der Waals surface area contributed by atoms with Crippen LogP contribution in [0.4, 0.5) is 0 Å². The van der Waals surface area contributed by atoms with Crippen LogP contribution in [0.25, 0.3) is 0 Å². The van der Waals surface area contributed by atoms with Crippen LogP contribution in [0.15, 0.2) is 12.7 Å². The Balaban J connectivity index is 2.22. The Kier molecular flexibility index (Phi) is 2.38. The van der Waals surface area contributed by atoms with Crippen molar-refractivity contribution in [2.75, 3.05) is 0 Å². The average molecular weight is 194 g/mol. The number of carbonyl (C=O) groups is 1. The maximum atomic E-state index is 11.3. The molecule has 2 nitrogen and oxygen atoms in total. The summed E-state index contributed by atoms with van der Waals surface area (Å²) in [5.41, 5.74) is -0.134. The first-order valence-corrected chi connectivity index (χ1v) is 5.55. The number of fused-ring (bicyclic) bond motifs is 1. The lowest BCUT2D eigenvalue weighted by Crippen LogP contribution is -2.37. The van der Waals surface area contributed by atoms with Crippen LogP contribution in [-0.2, 0) is 9.53 Å². The first-order valence-electron chi connectivity index (χ1n) is 5.55. The zero-order valence-corrected chi connectivity index (χ0v) is 8.79. The molecule has 2 aliphatic rings. The Bertz CT molecular complexity index is 259. The first-order chi connectivity index (χ1) is 6.73. The third kappa shape index (κ3) is 1.20. The molecule has 14 heavy (non-hydrogen) atoms. The van der Waals surface area contributed by atoms with Crippen molar-refractivity contribution in [2.24, 2.45) is 11.8 Å². The van der Waals surface area contributed by atoms with Crippen molar-refractivity contribution in [2.45, 2.75) is 44.6 Å². The normalized spacial score (nSPS) is 40.8. The lowest BCUT2D eigenvalue weighted by atomic mass is 9.81. The highest BCUT2D eigenvalue weighted by atomic mass is 16.6. The van der Waals surface area contributed by atoms with E-state index in [1.54, 1.807) is 0 Å². The molecule has 0 N–H and O–H groups in total. The molecule has 1 aliphatic heterocycles. The largest absolute Gasteiger partial charge is 0.458 e. The molecule has 1 heterocycles. The molecule has 1 saturated carbocycles. The van der Waals surface area contributed by atoms with Gasteiger partial charge in [0.05, 0.1) is 6.42 Å². The summed E-state index contributed by atoms with van der Waals surface area (Å²) in [6.07, 6.45) is 6.88.